The van der Waals surface area contributed by atoms with E-state index >= 15 is 0 Å². The van der Waals surface area contributed by atoms with Crippen LogP contribution in [0.2, 0.25) is 0 Å². The summed E-state index contributed by atoms with van der Waals surface area (Å²) < 4.78 is 55.2. The molecule has 0 aromatic rings. The van der Waals surface area contributed by atoms with E-state index in [1.165, 1.54) is 122 Å². The molecule has 1 aliphatic rings. The fourth-order valence-corrected chi connectivity index (χ4v) is 15.1. The minimum Gasteiger partial charge on any atom is -0.480 e. The Bertz CT molecular complexity index is 2280. The third kappa shape index (κ3) is 60.5. The number of aliphatic hydroxyl groups excluding tert-OH is 1. The largest absolute Gasteiger partial charge is 0.480 e. The second kappa shape index (κ2) is 72.0. The van der Waals surface area contributed by atoms with Crippen molar-refractivity contribution in [3.05, 3.63) is 0 Å². The number of carbonyl (C=O) groups is 7. The van der Waals surface area contributed by atoms with Gasteiger partial charge in [0.1, 0.15) is 36.6 Å². The maximum Gasteiger partial charge on any atom is 0.470 e. The smallest absolute Gasteiger partial charge is 0.470 e. The number of unbranched alkanes of at least 4 members (excludes halogenated alkanes) is 48. The minimum absolute atomic E-state index is 0.127. The first-order valence-electron chi connectivity index (χ1n) is 45.1. The summed E-state index contributed by atoms with van der Waals surface area (Å²) in [6.45, 7) is 11.2. The van der Waals surface area contributed by atoms with E-state index in [0.29, 0.717) is 51.4 Å². The molecule has 109 heavy (non-hydrogen) atoms. The lowest BCUT2D eigenvalue weighted by molar-refractivity contribution is -0.272. The van der Waals surface area contributed by atoms with Crippen molar-refractivity contribution in [2.24, 2.45) is 0 Å². The Balaban J connectivity index is 3.85. The Kier molecular flexibility index (Phi) is 68.2. The molecule has 1 rings (SSSR count). The summed E-state index contributed by atoms with van der Waals surface area (Å²) in [4.78, 5) is 119. The third-order valence-electron chi connectivity index (χ3n) is 21.2. The number of phosphoric ester groups is 1. The normalized spacial score (nSPS) is 17.0. The van der Waals surface area contributed by atoms with Crippen LogP contribution in [0.3, 0.4) is 0 Å². The Morgan fingerprint density at radius 2 is 0.661 bits per heavy atom. The number of rotatable bonds is 79. The number of aliphatic carboxylic acids is 1. The maximum absolute atomic E-state index is 14.9. The number of phosphoric acid groups is 1. The van der Waals surface area contributed by atoms with Crippen LogP contribution in [0.25, 0.3) is 0 Å². The topological polar surface area (TPSA) is 306 Å². The average molecular weight is 1570 g/mol. The van der Waals surface area contributed by atoms with E-state index in [1.807, 2.05) is 0 Å². The number of aliphatic hydroxyl groups is 1. The van der Waals surface area contributed by atoms with E-state index in [-0.39, 0.29) is 32.1 Å². The van der Waals surface area contributed by atoms with Crippen molar-refractivity contribution in [1.82, 2.24) is 10.6 Å². The van der Waals surface area contributed by atoms with E-state index in [1.54, 1.807) is 0 Å². The van der Waals surface area contributed by atoms with Crippen molar-refractivity contribution in [3.63, 3.8) is 0 Å². The molecule has 9 atom stereocenters. The van der Waals surface area contributed by atoms with Crippen molar-refractivity contribution < 1.29 is 91.1 Å². The third-order valence-corrected chi connectivity index (χ3v) is 21.7. The molecule has 0 aromatic carbocycles. The molecule has 640 valence electrons. The number of carbonyl (C=O) groups excluding carboxylic acids is 6. The zero-order valence-corrected chi connectivity index (χ0v) is 70.9. The highest BCUT2D eigenvalue weighted by Crippen LogP contribution is 2.42. The molecule has 1 saturated heterocycles. The van der Waals surface area contributed by atoms with Gasteiger partial charge in [-0.05, 0) is 57.8 Å². The summed E-state index contributed by atoms with van der Waals surface area (Å²) in [5, 5.41) is 27.1. The molecule has 0 aromatic heterocycles. The predicted octanol–water partition coefficient (Wildman–Crippen LogP) is 21.6. The number of carboxylic acid groups (broad SMARTS) is 1. The molecule has 6 N–H and O–H groups in total. The predicted molar refractivity (Wildman–Crippen MR) is 435 cm³/mol. The lowest BCUT2D eigenvalue weighted by Gasteiger charge is -2.45. The van der Waals surface area contributed by atoms with Crippen LogP contribution in [0.15, 0.2) is 0 Å². The van der Waals surface area contributed by atoms with Crippen molar-refractivity contribution in [3.8, 4) is 0 Å². The van der Waals surface area contributed by atoms with Crippen LogP contribution in [-0.4, -0.2) is 130 Å². The fraction of sp³-hybridized carbons (Fsp3) is 0.920. The van der Waals surface area contributed by atoms with Gasteiger partial charge in [-0.2, -0.15) is 0 Å². The molecule has 0 bridgehead atoms. The van der Waals surface area contributed by atoms with Gasteiger partial charge in [0.2, 0.25) is 11.8 Å². The zero-order chi connectivity index (χ0) is 80.1. The van der Waals surface area contributed by atoms with Gasteiger partial charge in [-0.15, -0.1) is 0 Å². The highest BCUT2D eigenvalue weighted by atomic mass is 31.2. The first-order chi connectivity index (χ1) is 52.8. The standard InChI is InChI=1S/C87H163N2O19P/c1-7-13-19-25-31-37-43-49-55-61-72(103-79(93)64-58-52-46-40-34-28-22-16-10-4)67-77(91)88-75(86(97)98)71-102-87-83(89-78(92)68-73(62-56-50-44-38-32-26-20-14-8-2)104-80(94)65-59-53-47-41-35-29-23-17-11-5)85(84(76(70-90)106-87)108-109(99,100)101)107-82(96)69-74(63-57-51-45-39-33-27-21-15-9-3)105-81(95)66-60-54-48-42-36-30-24-18-12-6/h72-76,83-85,87,90H,7-71H2,1-6H3,(H,88,91)(H,89,92)(H,97,98)(H2,99,100,101)/t72-,73-,74-,75?,76?,83+,84+,85?,87-/m1/s1. The van der Waals surface area contributed by atoms with E-state index in [0.717, 1.165) is 186 Å². The van der Waals surface area contributed by atoms with Crippen LogP contribution in [-0.2, 0) is 71.1 Å². The number of esters is 4. The van der Waals surface area contributed by atoms with Crippen LogP contribution in [0.5, 0.6) is 0 Å². The molecule has 0 aliphatic carbocycles. The van der Waals surface area contributed by atoms with E-state index in [4.69, 9.17) is 32.9 Å². The summed E-state index contributed by atoms with van der Waals surface area (Å²) >= 11 is 0. The second-order valence-corrected chi connectivity index (χ2v) is 32.9. The lowest BCUT2D eigenvalue weighted by Crippen LogP contribution is -2.66. The second-order valence-electron chi connectivity index (χ2n) is 31.7. The molecule has 2 amide bonds. The van der Waals surface area contributed by atoms with Crippen molar-refractivity contribution in [2.45, 2.75) is 501 Å². The van der Waals surface area contributed by atoms with Crippen LogP contribution < -0.4 is 10.6 Å². The molecular weight excluding hydrogens is 1410 g/mol. The number of carboxylic acids is 1. The van der Waals surface area contributed by atoms with Gasteiger partial charge >= 0.3 is 37.7 Å². The maximum atomic E-state index is 14.9. The summed E-state index contributed by atoms with van der Waals surface area (Å²) in [5.41, 5.74) is 0. The van der Waals surface area contributed by atoms with Gasteiger partial charge in [-0.1, -0.05) is 350 Å². The van der Waals surface area contributed by atoms with Gasteiger partial charge in [0.05, 0.1) is 32.5 Å². The minimum atomic E-state index is -5.57. The van der Waals surface area contributed by atoms with Gasteiger partial charge < -0.3 is 59.1 Å². The molecular formula is C87H163N2O19P. The Labute approximate surface area is 662 Å². The molecule has 1 fully saturated rings. The van der Waals surface area contributed by atoms with Crippen molar-refractivity contribution >= 4 is 49.5 Å². The Hall–Kier alpha value is -3.72. The van der Waals surface area contributed by atoms with Crippen molar-refractivity contribution in [1.29, 1.82) is 0 Å². The first-order valence-corrected chi connectivity index (χ1v) is 46.6. The monoisotopic (exact) mass is 1570 g/mol. The molecule has 3 unspecified atom stereocenters. The highest BCUT2D eigenvalue weighted by molar-refractivity contribution is 7.46. The van der Waals surface area contributed by atoms with Gasteiger partial charge in [-0.25, -0.2) is 9.36 Å². The van der Waals surface area contributed by atoms with Gasteiger partial charge in [0.15, 0.2) is 18.4 Å². The van der Waals surface area contributed by atoms with Gasteiger partial charge in [0, 0.05) is 19.3 Å². The molecule has 0 radical (unpaired) electrons. The fourth-order valence-electron chi connectivity index (χ4n) is 14.6. The average Bonchev–Trinajstić information content (AvgIpc) is 0.780. The number of hydrogen-bond donors (Lipinski definition) is 6. The van der Waals surface area contributed by atoms with E-state index < -0.39 is 131 Å². The molecule has 0 spiro atoms. The van der Waals surface area contributed by atoms with Crippen LogP contribution >= 0.6 is 7.82 Å². The Morgan fingerprint density at radius 1 is 0.376 bits per heavy atom. The highest BCUT2D eigenvalue weighted by Gasteiger charge is 2.52. The quantitative estimate of drug-likeness (QED) is 0.0143. The molecule has 22 heteroatoms. The number of nitrogens with one attached hydrogen (secondary N) is 2. The summed E-state index contributed by atoms with van der Waals surface area (Å²) in [6.07, 6.45) is 45.8. The Morgan fingerprint density at radius 3 is 0.954 bits per heavy atom. The molecule has 0 saturated carbocycles. The summed E-state index contributed by atoms with van der Waals surface area (Å²) in [6, 6.07) is -3.60. The first kappa shape index (κ1) is 103. The zero-order valence-electron chi connectivity index (χ0n) is 70.0. The molecule has 21 nitrogen and oxygen atoms in total. The van der Waals surface area contributed by atoms with Gasteiger partial charge in [-0.3, -0.25) is 33.3 Å². The van der Waals surface area contributed by atoms with Crippen molar-refractivity contribution in [2.75, 3.05) is 13.2 Å². The number of amides is 2. The number of hydrogen-bond acceptors (Lipinski definition) is 16. The summed E-state index contributed by atoms with van der Waals surface area (Å²) in [5.74, 6) is -5.51. The van der Waals surface area contributed by atoms with Gasteiger partial charge in [0.25, 0.3) is 0 Å². The number of ether oxygens (including phenoxy) is 6. The summed E-state index contributed by atoms with van der Waals surface area (Å²) in [7, 11) is -5.57. The molecule has 1 heterocycles. The molecule has 1 aliphatic heterocycles. The van der Waals surface area contributed by atoms with E-state index in [2.05, 4.69) is 52.2 Å². The van der Waals surface area contributed by atoms with Crippen LogP contribution in [0, 0.1) is 0 Å². The van der Waals surface area contributed by atoms with Crippen LogP contribution in [0.4, 0.5) is 0 Å². The lowest BCUT2D eigenvalue weighted by atomic mass is 9.95. The van der Waals surface area contributed by atoms with E-state index in [9.17, 15) is 58.1 Å². The van der Waals surface area contributed by atoms with Crippen LogP contribution in [0.1, 0.15) is 446 Å². The SMILES string of the molecule is CCCCCCCCCCCC(=O)O[C@H](CCCCCCCCCCC)CC(=O)NC(CO[C@@H]1OC(CO)[C@H](OP(=O)(O)O)C(OC(=O)C[C@@H](CCCCCCCCCCC)OC(=O)CCCCCCCCCCC)[C@@H]1NC(=O)C[C@@H](CCCCCCCCCCC)OC(=O)CCCCCCCCCCC)C(=O)O.